The van der Waals surface area contributed by atoms with Crippen molar-refractivity contribution in [1.29, 1.82) is 0 Å². The number of rotatable bonds is 4. The number of carbonyl (C=O) groups is 1. The van der Waals surface area contributed by atoms with Gasteiger partial charge in [0, 0.05) is 12.3 Å². The van der Waals surface area contributed by atoms with Crippen LogP contribution < -0.4 is 14.5 Å². The quantitative estimate of drug-likeness (QED) is 0.675. The average Bonchev–Trinajstić information content (AvgIpc) is 3.25. The first-order valence-electron chi connectivity index (χ1n) is 8.73. The molecule has 0 atom stereocenters. The smallest absolute Gasteiger partial charge is 0.262 e. The number of carbonyl (C=O) groups excluding carboxylic acids is 1. The Morgan fingerprint density at radius 3 is 2.61 bits per heavy atom. The van der Waals surface area contributed by atoms with E-state index in [1.807, 2.05) is 4.90 Å². The van der Waals surface area contributed by atoms with E-state index in [4.69, 9.17) is 4.74 Å². The fourth-order valence-electron chi connectivity index (χ4n) is 3.27. The van der Waals surface area contributed by atoms with Crippen molar-refractivity contribution in [2.24, 2.45) is 0 Å². The lowest BCUT2D eigenvalue weighted by molar-refractivity contribution is 0.0996. The summed E-state index contributed by atoms with van der Waals surface area (Å²) in [5.74, 6) is 1.55. The third kappa shape index (κ3) is 2.65. The summed E-state index contributed by atoms with van der Waals surface area (Å²) in [6.07, 6.45) is 7.20. The molecule has 5 heterocycles. The van der Waals surface area contributed by atoms with Gasteiger partial charge in [-0.1, -0.05) is 0 Å². The number of ether oxygens (including phenoxy) is 1. The van der Waals surface area contributed by atoms with E-state index in [0.29, 0.717) is 54.0 Å². The normalized spacial score (nSPS) is 16.3. The number of hydrogen-bond acceptors (Lipinski definition) is 7. The molecule has 5 rings (SSSR count). The van der Waals surface area contributed by atoms with Crippen LogP contribution in [0.3, 0.4) is 0 Å². The summed E-state index contributed by atoms with van der Waals surface area (Å²) in [6.45, 7) is 1.02. The highest BCUT2D eigenvalue weighted by Gasteiger charge is 2.33. The molecule has 1 fully saturated rings. The number of alkyl halides is 1. The van der Waals surface area contributed by atoms with Gasteiger partial charge in [0.1, 0.15) is 17.7 Å². The molecule has 3 aromatic heterocycles. The number of aromatic nitrogens is 5. The first-order valence-corrected chi connectivity index (χ1v) is 8.73. The summed E-state index contributed by atoms with van der Waals surface area (Å²) in [5.41, 5.74) is 1.82. The summed E-state index contributed by atoms with van der Waals surface area (Å²) in [4.78, 5) is 28.9. The largest absolute Gasteiger partial charge is 0.495 e. The van der Waals surface area contributed by atoms with Crippen molar-refractivity contribution < 1.29 is 13.9 Å². The maximum Gasteiger partial charge on any atom is 0.262 e. The lowest BCUT2D eigenvalue weighted by Gasteiger charge is -2.34. The topological polar surface area (TPSA) is 89.3 Å². The average molecular weight is 381 g/mol. The highest BCUT2D eigenvalue weighted by Crippen LogP contribution is 2.29. The molecule has 0 unspecified atom stereocenters. The van der Waals surface area contributed by atoms with Crippen LogP contribution >= 0.6 is 0 Å². The number of methoxy groups -OCH3 is 1. The number of pyridine rings is 1. The zero-order chi connectivity index (χ0) is 19.3. The van der Waals surface area contributed by atoms with Crippen molar-refractivity contribution >= 4 is 17.4 Å². The minimum atomic E-state index is -0.802. The molecule has 9 nitrogen and oxygen atoms in total. The van der Waals surface area contributed by atoms with Crippen molar-refractivity contribution in [3.63, 3.8) is 0 Å². The van der Waals surface area contributed by atoms with E-state index in [1.165, 1.54) is 4.68 Å². The van der Waals surface area contributed by atoms with Crippen LogP contribution in [0.15, 0.2) is 37.1 Å². The van der Waals surface area contributed by atoms with Gasteiger partial charge >= 0.3 is 0 Å². The molecule has 0 bridgehead atoms. The minimum Gasteiger partial charge on any atom is -0.495 e. The van der Waals surface area contributed by atoms with Crippen LogP contribution in [0.5, 0.6) is 5.75 Å². The molecule has 1 saturated heterocycles. The molecule has 1 amide bonds. The summed E-state index contributed by atoms with van der Waals surface area (Å²) < 4.78 is 19.7. The number of halogens is 1. The Morgan fingerprint density at radius 1 is 1.14 bits per heavy atom. The molecular weight excluding hydrogens is 365 g/mol. The second kappa shape index (κ2) is 6.25. The summed E-state index contributed by atoms with van der Waals surface area (Å²) in [6, 6.07) is 1.76. The molecule has 0 spiro atoms. The van der Waals surface area contributed by atoms with Crippen molar-refractivity contribution in [1.82, 2.24) is 24.7 Å². The number of hydrogen-bond donors (Lipinski definition) is 0. The Labute approximate surface area is 159 Å². The molecule has 0 radical (unpaired) electrons. The lowest BCUT2D eigenvalue weighted by Crippen LogP contribution is -2.48. The molecule has 10 heteroatoms. The first-order chi connectivity index (χ1) is 13.6. The van der Waals surface area contributed by atoms with Gasteiger partial charge in [-0.25, -0.2) is 19.0 Å². The SMILES string of the molecule is COc1cncc(N2Cc3nn(-c4cnc(N5CC(F)C5)cn4)cc3C2=O)c1. The van der Waals surface area contributed by atoms with Crippen LogP contribution in [0.2, 0.25) is 0 Å². The predicted octanol–water partition coefficient (Wildman–Crippen LogP) is 1.38. The van der Waals surface area contributed by atoms with Crippen LogP contribution in [0.4, 0.5) is 15.9 Å². The van der Waals surface area contributed by atoms with E-state index in [2.05, 4.69) is 20.1 Å². The standard InChI is InChI=1S/C18H16FN7O2/c1-28-13-2-12(3-20-4-13)25-10-15-14(18(25)27)9-26(23-15)17-6-21-16(5-22-17)24-7-11(19)8-24/h2-6,9,11H,7-8,10H2,1H3. The van der Waals surface area contributed by atoms with Gasteiger partial charge in [-0.2, -0.15) is 5.10 Å². The van der Waals surface area contributed by atoms with Gasteiger partial charge in [-0.05, 0) is 0 Å². The Bertz CT molecular complexity index is 1050. The van der Waals surface area contributed by atoms with Gasteiger partial charge in [-0.15, -0.1) is 0 Å². The van der Waals surface area contributed by atoms with Crippen molar-refractivity contribution in [2.75, 3.05) is 30.0 Å². The van der Waals surface area contributed by atoms with Crippen molar-refractivity contribution in [3.05, 3.63) is 48.3 Å². The monoisotopic (exact) mass is 381 g/mol. The Balaban J connectivity index is 1.36. The molecule has 2 aliphatic rings. The fourth-order valence-corrected chi connectivity index (χ4v) is 3.27. The van der Waals surface area contributed by atoms with E-state index >= 15 is 0 Å². The Morgan fingerprint density at radius 2 is 1.93 bits per heavy atom. The Hall–Kier alpha value is -3.56. The predicted molar refractivity (Wildman–Crippen MR) is 97.6 cm³/mol. The Kier molecular flexibility index (Phi) is 3.71. The third-order valence-corrected chi connectivity index (χ3v) is 4.84. The fraction of sp³-hybridized carbons (Fsp3) is 0.278. The van der Waals surface area contributed by atoms with Crippen LogP contribution in [0, 0.1) is 0 Å². The van der Waals surface area contributed by atoms with Crippen molar-refractivity contribution in [2.45, 2.75) is 12.7 Å². The second-order valence-electron chi connectivity index (χ2n) is 6.64. The highest BCUT2D eigenvalue weighted by molar-refractivity contribution is 6.09. The number of nitrogens with zero attached hydrogens (tertiary/aromatic N) is 7. The van der Waals surface area contributed by atoms with Gasteiger partial charge in [-0.3, -0.25) is 9.78 Å². The summed E-state index contributed by atoms with van der Waals surface area (Å²) in [5, 5.41) is 4.48. The highest BCUT2D eigenvalue weighted by atomic mass is 19.1. The van der Waals surface area contributed by atoms with Gasteiger partial charge in [0.2, 0.25) is 0 Å². The van der Waals surface area contributed by atoms with Gasteiger partial charge in [0.05, 0.1) is 68.5 Å². The van der Waals surface area contributed by atoms with Crippen LogP contribution in [-0.4, -0.2) is 57.0 Å². The van der Waals surface area contributed by atoms with Crippen LogP contribution in [0.25, 0.3) is 5.82 Å². The third-order valence-electron chi connectivity index (χ3n) is 4.84. The first kappa shape index (κ1) is 16.6. The molecular formula is C18H16FN7O2. The zero-order valence-electron chi connectivity index (χ0n) is 15.0. The van der Waals surface area contributed by atoms with Gasteiger partial charge in [0.25, 0.3) is 5.91 Å². The van der Waals surface area contributed by atoms with Gasteiger partial charge < -0.3 is 14.5 Å². The van der Waals surface area contributed by atoms with Crippen LogP contribution in [-0.2, 0) is 6.54 Å². The number of anilines is 2. The number of amides is 1. The molecule has 28 heavy (non-hydrogen) atoms. The molecule has 142 valence electrons. The molecule has 0 saturated carbocycles. The van der Waals surface area contributed by atoms with E-state index in [-0.39, 0.29) is 5.91 Å². The molecule has 0 aliphatic carbocycles. The molecule has 3 aromatic rings. The van der Waals surface area contributed by atoms with Crippen LogP contribution in [0.1, 0.15) is 16.1 Å². The number of fused-ring (bicyclic) bond motifs is 1. The maximum absolute atomic E-state index is 13.0. The second-order valence-corrected chi connectivity index (χ2v) is 6.64. The zero-order valence-corrected chi connectivity index (χ0v) is 15.0. The summed E-state index contributed by atoms with van der Waals surface area (Å²) >= 11 is 0. The molecule has 2 aliphatic heterocycles. The van der Waals surface area contributed by atoms with Crippen molar-refractivity contribution in [3.8, 4) is 11.6 Å². The molecule has 0 N–H and O–H groups in total. The maximum atomic E-state index is 13.0. The lowest BCUT2D eigenvalue weighted by atomic mass is 10.2. The van der Waals surface area contributed by atoms with Gasteiger partial charge in [0.15, 0.2) is 5.82 Å². The van der Waals surface area contributed by atoms with E-state index in [9.17, 15) is 9.18 Å². The van der Waals surface area contributed by atoms with E-state index in [1.54, 1.807) is 49.1 Å². The van der Waals surface area contributed by atoms with E-state index in [0.717, 1.165) is 0 Å². The minimum absolute atomic E-state index is 0.157. The van der Waals surface area contributed by atoms with E-state index < -0.39 is 6.17 Å². The summed E-state index contributed by atoms with van der Waals surface area (Å²) in [7, 11) is 1.55. The molecule has 0 aromatic carbocycles.